The van der Waals surface area contributed by atoms with Crippen molar-refractivity contribution in [3.63, 3.8) is 0 Å². The molecule has 0 heterocycles. The smallest absolute Gasteiger partial charge is 0.269 e. The van der Waals surface area contributed by atoms with Crippen molar-refractivity contribution >= 4 is 33.2 Å². The van der Waals surface area contributed by atoms with Crippen LogP contribution in [0, 0.1) is 17.0 Å². The summed E-state index contributed by atoms with van der Waals surface area (Å²) < 4.78 is 28.3. The lowest BCUT2D eigenvalue weighted by Crippen LogP contribution is -2.52. The van der Waals surface area contributed by atoms with Crippen LogP contribution in [-0.2, 0) is 26.2 Å². The third-order valence-electron chi connectivity index (χ3n) is 5.99. The first-order chi connectivity index (χ1) is 18.4. The van der Waals surface area contributed by atoms with Gasteiger partial charge in [0.1, 0.15) is 12.6 Å². The van der Waals surface area contributed by atoms with E-state index in [1.165, 1.54) is 41.3 Å². The minimum atomic E-state index is -4.24. The van der Waals surface area contributed by atoms with Crippen LogP contribution in [0.2, 0.25) is 0 Å². The van der Waals surface area contributed by atoms with Gasteiger partial charge in [0, 0.05) is 24.7 Å². The van der Waals surface area contributed by atoms with Crippen LogP contribution in [0.4, 0.5) is 11.4 Å². The Morgan fingerprint density at radius 1 is 0.949 bits per heavy atom. The van der Waals surface area contributed by atoms with Gasteiger partial charge in [0.25, 0.3) is 15.7 Å². The van der Waals surface area contributed by atoms with Gasteiger partial charge in [0.2, 0.25) is 11.8 Å². The van der Waals surface area contributed by atoms with E-state index in [1.807, 2.05) is 31.2 Å². The predicted octanol–water partition coefficient (Wildman–Crippen LogP) is 4.04. The van der Waals surface area contributed by atoms with E-state index >= 15 is 0 Å². The number of non-ortho nitro benzene ring substituents is 1. The molecule has 0 aliphatic carbocycles. The van der Waals surface area contributed by atoms with Crippen LogP contribution in [-0.4, -0.2) is 48.7 Å². The lowest BCUT2D eigenvalue weighted by molar-refractivity contribution is -0.384. The highest BCUT2D eigenvalue weighted by atomic mass is 32.2. The maximum absolute atomic E-state index is 13.8. The number of hydrogen-bond acceptors (Lipinski definition) is 6. The molecule has 3 rings (SSSR count). The highest BCUT2D eigenvalue weighted by Crippen LogP contribution is 2.26. The first-order valence-electron chi connectivity index (χ1n) is 12.4. The first kappa shape index (κ1) is 29.3. The Kier molecular flexibility index (Phi) is 9.42. The van der Waals surface area contributed by atoms with Gasteiger partial charge in [-0.2, -0.15) is 0 Å². The summed E-state index contributed by atoms with van der Waals surface area (Å²) in [5.74, 6) is -0.987. The third-order valence-corrected chi connectivity index (χ3v) is 7.78. The Morgan fingerprint density at radius 3 is 2.15 bits per heavy atom. The number of carbonyl (C=O) groups is 2. The van der Waals surface area contributed by atoms with E-state index in [-0.39, 0.29) is 34.8 Å². The third kappa shape index (κ3) is 7.41. The van der Waals surface area contributed by atoms with Crippen molar-refractivity contribution in [3.05, 3.63) is 100 Å². The number of nitrogens with zero attached hydrogens (tertiary/aromatic N) is 3. The van der Waals surface area contributed by atoms with Gasteiger partial charge in [-0.25, -0.2) is 8.42 Å². The number of hydrogen-bond donors (Lipinski definition) is 1. The molecule has 11 heteroatoms. The molecule has 206 valence electrons. The highest BCUT2D eigenvalue weighted by Gasteiger charge is 2.32. The minimum Gasteiger partial charge on any atom is -0.352 e. The van der Waals surface area contributed by atoms with E-state index in [0.29, 0.717) is 0 Å². The Balaban J connectivity index is 2.04. The van der Waals surface area contributed by atoms with E-state index in [9.17, 15) is 28.1 Å². The van der Waals surface area contributed by atoms with Gasteiger partial charge >= 0.3 is 0 Å². The lowest BCUT2D eigenvalue weighted by atomic mass is 10.1. The molecule has 2 amide bonds. The Morgan fingerprint density at radius 2 is 1.59 bits per heavy atom. The number of nitro benzene ring substituents is 1. The zero-order chi connectivity index (χ0) is 28.7. The van der Waals surface area contributed by atoms with Gasteiger partial charge in [0.15, 0.2) is 0 Å². The molecule has 0 aliphatic heterocycles. The quantitative estimate of drug-likeness (QED) is 0.282. The van der Waals surface area contributed by atoms with E-state index in [1.54, 1.807) is 39.0 Å². The summed E-state index contributed by atoms with van der Waals surface area (Å²) in [6.45, 7) is 6.56. The predicted molar refractivity (Wildman–Crippen MR) is 149 cm³/mol. The van der Waals surface area contributed by atoms with Crippen molar-refractivity contribution in [2.75, 3.05) is 10.8 Å². The van der Waals surface area contributed by atoms with Gasteiger partial charge in [-0.05, 0) is 57.5 Å². The second-order valence-electron chi connectivity index (χ2n) is 9.45. The second-order valence-corrected chi connectivity index (χ2v) is 11.3. The fourth-order valence-electron chi connectivity index (χ4n) is 3.98. The monoisotopic (exact) mass is 552 g/mol. The molecule has 0 spiro atoms. The maximum atomic E-state index is 13.8. The number of carbonyl (C=O) groups excluding carboxylic acids is 2. The largest absolute Gasteiger partial charge is 0.352 e. The van der Waals surface area contributed by atoms with Crippen molar-refractivity contribution < 1.29 is 22.9 Å². The van der Waals surface area contributed by atoms with Crippen LogP contribution >= 0.6 is 0 Å². The van der Waals surface area contributed by atoms with Crippen molar-refractivity contribution in [1.82, 2.24) is 10.2 Å². The van der Waals surface area contributed by atoms with Gasteiger partial charge in [-0.15, -0.1) is 0 Å². The second kappa shape index (κ2) is 12.5. The number of amides is 2. The van der Waals surface area contributed by atoms with E-state index in [4.69, 9.17) is 0 Å². The molecule has 0 saturated heterocycles. The topological polar surface area (TPSA) is 130 Å². The maximum Gasteiger partial charge on any atom is 0.269 e. The van der Waals surface area contributed by atoms with E-state index in [2.05, 4.69) is 5.32 Å². The molecule has 39 heavy (non-hydrogen) atoms. The van der Waals surface area contributed by atoms with Crippen LogP contribution in [0.3, 0.4) is 0 Å². The average Bonchev–Trinajstić information content (AvgIpc) is 2.90. The van der Waals surface area contributed by atoms with Crippen molar-refractivity contribution in [2.45, 2.75) is 51.2 Å². The molecule has 0 bridgehead atoms. The van der Waals surface area contributed by atoms with Crippen molar-refractivity contribution in [2.24, 2.45) is 0 Å². The van der Waals surface area contributed by atoms with E-state index in [0.717, 1.165) is 15.4 Å². The molecule has 3 aromatic carbocycles. The molecule has 0 saturated carbocycles. The number of benzene rings is 3. The summed E-state index contributed by atoms with van der Waals surface area (Å²) >= 11 is 0. The summed E-state index contributed by atoms with van der Waals surface area (Å²) in [6.07, 6.45) is 0. The van der Waals surface area contributed by atoms with Crippen LogP contribution in [0.1, 0.15) is 31.9 Å². The molecule has 1 unspecified atom stereocenters. The Labute approximate surface area is 228 Å². The Bertz CT molecular complexity index is 1430. The molecule has 1 atom stereocenters. The molecule has 0 radical (unpaired) electrons. The number of nitrogens with one attached hydrogen (secondary N) is 1. The van der Waals surface area contributed by atoms with Gasteiger partial charge < -0.3 is 10.2 Å². The fraction of sp³-hybridized carbons (Fsp3) is 0.286. The van der Waals surface area contributed by atoms with Crippen LogP contribution in [0.15, 0.2) is 83.8 Å². The van der Waals surface area contributed by atoms with Crippen molar-refractivity contribution in [1.29, 1.82) is 0 Å². The molecule has 10 nitrogen and oxygen atoms in total. The zero-order valence-electron chi connectivity index (χ0n) is 22.3. The molecular formula is C28H32N4O6S. The summed E-state index contributed by atoms with van der Waals surface area (Å²) in [5, 5.41) is 14.0. The van der Waals surface area contributed by atoms with E-state index < -0.39 is 33.4 Å². The number of sulfonamides is 1. The minimum absolute atomic E-state index is 0.0491. The van der Waals surface area contributed by atoms with Crippen LogP contribution in [0.5, 0.6) is 0 Å². The highest BCUT2D eigenvalue weighted by molar-refractivity contribution is 7.92. The van der Waals surface area contributed by atoms with Gasteiger partial charge in [0.05, 0.1) is 15.5 Å². The number of rotatable bonds is 11. The summed E-state index contributed by atoms with van der Waals surface area (Å²) in [5.41, 5.74) is 1.61. The number of nitro groups is 1. The van der Waals surface area contributed by atoms with Gasteiger partial charge in [-0.3, -0.25) is 24.0 Å². The van der Waals surface area contributed by atoms with Crippen LogP contribution < -0.4 is 9.62 Å². The lowest BCUT2D eigenvalue weighted by Gasteiger charge is -2.32. The number of aryl methyl sites for hydroxylation is 1. The fourth-order valence-corrected chi connectivity index (χ4v) is 5.42. The Hall–Kier alpha value is -4.25. The molecule has 0 aliphatic rings. The summed E-state index contributed by atoms with van der Waals surface area (Å²) in [7, 11) is -4.24. The van der Waals surface area contributed by atoms with Crippen molar-refractivity contribution in [3.8, 4) is 0 Å². The molecule has 0 aromatic heterocycles. The SMILES string of the molecule is Cc1cccc(CN(C(=O)CN(c2ccc([N+](=O)[O-])cc2)S(=O)(=O)c2ccccc2)C(C)C(=O)NC(C)C)c1. The molecular weight excluding hydrogens is 520 g/mol. The molecule has 3 aromatic rings. The standard InChI is InChI=1S/C28H32N4O6S/c1-20(2)29-28(34)22(4)30(18-23-10-8-9-21(3)17-23)27(33)19-31(24-13-15-25(16-14-24)32(35)36)39(37,38)26-11-6-5-7-12-26/h5-17,20,22H,18-19H2,1-4H3,(H,29,34). The summed E-state index contributed by atoms with van der Waals surface area (Å²) in [6, 6.07) is 18.9. The van der Waals surface area contributed by atoms with Gasteiger partial charge in [-0.1, -0.05) is 48.0 Å². The summed E-state index contributed by atoms with van der Waals surface area (Å²) in [4.78, 5) is 38.6. The molecule has 1 N–H and O–H groups in total. The normalized spacial score (nSPS) is 12.0. The van der Waals surface area contributed by atoms with Crippen LogP contribution in [0.25, 0.3) is 0 Å². The average molecular weight is 553 g/mol. The number of anilines is 1. The molecule has 0 fully saturated rings. The first-order valence-corrected chi connectivity index (χ1v) is 13.8. The zero-order valence-corrected chi connectivity index (χ0v) is 23.1.